The molecule has 11 heteroatoms. The molecule has 29 heavy (non-hydrogen) atoms. The van der Waals surface area contributed by atoms with Gasteiger partial charge in [0.15, 0.2) is 0 Å². The summed E-state index contributed by atoms with van der Waals surface area (Å²) >= 11 is 5.93. The Bertz CT molecular complexity index is 917. The van der Waals surface area contributed by atoms with Crippen LogP contribution in [0.2, 0.25) is 5.02 Å². The minimum atomic E-state index is -6.23. The monoisotopic (exact) mass is 442 g/mol. The highest BCUT2D eigenvalue weighted by Gasteiger charge is 2.73. The number of amides is 1. The summed E-state index contributed by atoms with van der Waals surface area (Å²) in [6.07, 6.45) is -12.5. The predicted octanol–water partition coefficient (Wildman–Crippen LogP) is 6.08. The average Bonchev–Trinajstić information content (AvgIpc) is 2.57. The number of hydrogen-bond acceptors (Lipinski definition) is 2. The molecule has 2 rings (SSSR count). The highest BCUT2D eigenvalue weighted by Crippen LogP contribution is 2.53. The molecule has 0 unspecified atom stereocenters. The molecule has 2 aromatic carbocycles. The van der Waals surface area contributed by atoms with Gasteiger partial charge < -0.3 is 11.1 Å². The van der Waals surface area contributed by atoms with Gasteiger partial charge in [0.05, 0.1) is 16.3 Å². The number of carbonyl (C=O) groups excluding carboxylic acids is 1. The van der Waals surface area contributed by atoms with Crippen LogP contribution in [0, 0.1) is 13.8 Å². The first kappa shape index (κ1) is 22.8. The molecule has 2 aromatic rings. The molecule has 0 heterocycles. The topological polar surface area (TPSA) is 55.1 Å². The summed E-state index contributed by atoms with van der Waals surface area (Å²) in [5, 5.41) is 2.28. The van der Waals surface area contributed by atoms with Crippen molar-refractivity contribution in [3.63, 3.8) is 0 Å². The molecule has 0 saturated carbocycles. The van der Waals surface area contributed by atoms with Crippen LogP contribution in [0.5, 0.6) is 0 Å². The van der Waals surface area contributed by atoms with Crippen molar-refractivity contribution >= 4 is 28.9 Å². The Morgan fingerprint density at radius 2 is 1.45 bits per heavy atom. The molecular formula is C18H14ClF7N2O. The first-order valence-electron chi connectivity index (χ1n) is 7.90. The van der Waals surface area contributed by atoms with E-state index in [2.05, 4.69) is 5.32 Å². The van der Waals surface area contributed by atoms with Crippen LogP contribution in [-0.2, 0) is 5.67 Å². The third kappa shape index (κ3) is 3.98. The molecule has 3 N–H and O–H groups in total. The predicted molar refractivity (Wildman–Crippen MR) is 94.6 cm³/mol. The maximum atomic E-state index is 14.3. The quantitative estimate of drug-likeness (QED) is 0.447. The first-order chi connectivity index (χ1) is 13.1. The number of nitrogen functional groups attached to an aromatic ring is 1. The van der Waals surface area contributed by atoms with Crippen molar-refractivity contribution in [2.75, 3.05) is 11.1 Å². The van der Waals surface area contributed by atoms with E-state index in [4.69, 9.17) is 17.3 Å². The van der Waals surface area contributed by atoms with Crippen molar-refractivity contribution in [1.29, 1.82) is 0 Å². The number of carbonyl (C=O) groups is 1. The number of halogens is 8. The Hall–Kier alpha value is -2.49. The standard InChI is InChI=1S/C18H14ClF7N2O/c1-8-6-10(16(20,17(21,22)23)18(24,25)26)7-9(2)14(8)28-15(29)11-4-3-5-12(27)13(11)19/h3-7H,27H2,1-2H3,(H,28,29). The van der Waals surface area contributed by atoms with E-state index in [1.165, 1.54) is 18.2 Å². The third-order valence-electron chi connectivity index (χ3n) is 4.22. The van der Waals surface area contributed by atoms with Crippen molar-refractivity contribution in [1.82, 2.24) is 0 Å². The van der Waals surface area contributed by atoms with E-state index < -0.39 is 29.5 Å². The van der Waals surface area contributed by atoms with Crippen molar-refractivity contribution in [3.8, 4) is 0 Å². The van der Waals surface area contributed by atoms with E-state index in [-0.39, 0.29) is 33.1 Å². The SMILES string of the molecule is Cc1cc(C(F)(C(F)(F)F)C(F)(F)F)cc(C)c1NC(=O)c1cccc(N)c1Cl. The lowest BCUT2D eigenvalue weighted by Crippen LogP contribution is -2.50. The van der Waals surface area contributed by atoms with Crippen molar-refractivity contribution in [3.05, 3.63) is 57.6 Å². The Kier molecular flexibility index (Phi) is 5.82. The summed E-state index contributed by atoms with van der Waals surface area (Å²) < 4.78 is 92.1. The maximum absolute atomic E-state index is 14.3. The van der Waals surface area contributed by atoms with Gasteiger partial charge in [-0.1, -0.05) is 29.8 Å². The van der Waals surface area contributed by atoms with E-state index in [1.807, 2.05) is 0 Å². The normalized spacial score (nSPS) is 12.8. The maximum Gasteiger partial charge on any atom is 0.435 e. The minimum absolute atomic E-state index is 0.0556. The van der Waals surface area contributed by atoms with Crippen LogP contribution < -0.4 is 11.1 Å². The lowest BCUT2D eigenvalue weighted by Gasteiger charge is -2.31. The number of hydrogen-bond donors (Lipinski definition) is 2. The van der Waals surface area contributed by atoms with Crippen LogP contribution in [0.4, 0.5) is 42.1 Å². The lowest BCUT2D eigenvalue weighted by molar-refractivity contribution is -0.348. The Balaban J connectivity index is 2.52. The van der Waals surface area contributed by atoms with E-state index in [0.717, 1.165) is 13.8 Å². The zero-order chi connectivity index (χ0) is 22.4. The summed E-state index contributed by atoms with van der Waals surface area (Å²) in [5.74, 6) is -0.792. The second-order valence-corrected chi connectivity index (χ2v) is 6.68. The summed E-state index contributed by atoms with van der Waals surface area (Å²) in [6, 6.07) is 4.98. The second-order valence-electron chi connectivity index (χ2n) is 6.30. The summed E-state index contributed by atoms with van der Waals surface area (Å²) in [6.45, 7) is 2.28. The lowest BCUT2D eigenvalue weighted by atomic mass is 9.90. The van der Waals surface area contributed by atoms with Crippen LogP contribution in [-0.4, -0.2) is 18.3 Å². The molecular weight excluding hydrogens is 429 g/mol. The first-order valence-corrected chi connectivity index (χ1v) is 8.28. The van der Waals surface area contributed by atoms with Gasteiger partial charge in [-0.05, 0) is 37.1 Å². The molecule has 0 radical (unpaired) electrons. The van der Waals surface area contributed by atoms with Gasteiger partial charge in [-0.25, -0.2) is 4.39 Å². The number of rotatable bonds is 3. The number of aryl methyl sites for hydroxylation is 2. The summed E-state index contributed by atoms with van der Waals surface area (Å²) in [5.41, 5.74) is -2.04. The van der Waals surface area contributed by atoms with Gasteiger partial charge in [-0.2, -0.15) is 26.3 Å². The molecule has 1 amide bonds. The van der Waals surface area contributed by atoms with E-state index in [0.29, 0.717) is 12.1 Å². The van der Waals surface area contributed by atoms with Crippen LogP contribution in [0.1, 0.15) is 27.0 Å². The van der Waals surface area contributed by atoms with Gasteiger partial charge in [0, 0.05) is 11.3 Å². The third-order valence-corrected chi connectivity index (χ3v) is 4.65. The van der Waals surface area contributed by atoms with E-state index in [9.17, 15) is 35.5 Å². The van der Waals surface area contributed by atoms with Gasteiger partial charge in [-0.15, -0.1) is 0 Å². The van der Waals surface area contributed by atoms with E-state index in [1.54, 1.807) is 0 Å². The van der Waals surface area contributed by atoms with Crippen LogP contribution in [0.25, 0.3) is 0 Å². The van der Waals surface area contributed by atoms with Crippen molar-refractivity contribution in [2.45, 2.75) is 31.9 Å². The van der Waals surface area contributed by atoms with E-state index >= 15 is 0 Å². The highest BCUT2D eigenvalue weighted by molar-refractivity contribution is 6.36. The largest absolute Gasteiger partial charge is 0.435 e. The fourth-order valence-electron chi connectivity index (χ4n) is 2.75. The fourth-order valence-corrected chi connectivity index (χ4v) is 2.97. The van der Waals surface area contributed by atoms with Gasteiger partial charge in [0.2, 0.25) is 0 Å². The van der Waals surface area contributed by atoms with Crippen molar-refractivity contribution < 1.29 is 35.5 Å². The number of anilines is 2. The molecule has 0 aliphatic carbocycles. The Labute approximate surface area is 165 Å². The molecule has 0 aliphatic heterocycles. The molecule has 0 bridgehead atoms. The number of nitrogens with two attached hydrogens (primary N) is 1. The van der Waals surface area contributed by atoms with Gasteiger partial charge in [-0.3, -0.25) is 4.79 Å². The van der Waals surface area contributed by atoms with Crippen molar-refractivity contribution in [2.24, 2.45) is 0 Å². The molecule has 0 saturated heterocycles. The molecule has 0 spiro atoms. The van der Waals surface area contributed by atoms with Gasteiger partial charge >= 0.3 is 18.0 Å². The molecule has 158 valence electrons. The highest BCUT2D eigenvalue weighted by atomic mass is 35.5. The summed E-state index contributed by atoms with van der Waals surface area (Å²) in [7, 11) is 0. The summed E-state index contributed by atoms with van der Waals surface area (Å²) in [4.78, 5) is 12.4. The number of benzene rings is 2. The van der Waals surface area contributed by atoms with Crippen LogP contribution in [0.15, 0.2) is 30.3 Å². The number of nitrogens with one attached hydrogen (secondary N) is 1. The smallest absolute Gasteiger partial charge is 0.398 e. The molecule has 0 aliphatic rings. The second kappa shape index (κ2) is 7.40. The van der Waals surface area contributed by atoms with Crippen LogP contribution in [0.3, 0.4) is 0 Å². The zero-order valence-electron chi connectivity index (χ0n) is 14.9. The molecule has 0 fully saturated rings. The molecule has 3 nitrogen and oxygen atoms in total. The van der Waals surface area contributed by atoms with Gasteiger partial charge in [0.25, 0.3) is 5.91 Å². The van der Waals surface area contributed by atoms with Crippen LogP contribution >= 0.6 is 11.6 Å². The molecule has 0 atom stereocenters. The zero-order valence-corrected chi connectivity index (χ0v) is 15.7. The average molecular weight is 443 g/mol. The fraction of sp³-hybridized carbons (Fsp3) is 0.278. The number of alkyl halides is 7. The van der Waals surface area contributed by atoms with Gasteiger partial charge in [0.1, 0.15) is 0 Å². The Morgan fingerprint density at radius 1 is 0.966 bits per heavy atom. The Morgan fingerprint density at radius 3 is 1.90 bits per heavy atom. The minimum Gasteiger partial charge on any atom is -0.398 e. The molecule has 0 aromatic heterocycles.